The zero-order valence-electron chi connectivity index (χ0n) is 16.1. The van der Waals surface area contributed by atoms with Crippen molar-refractivity contribution in [3.8, 4) is 0 Å². The van der Waals surface area contributed by atoms with Crippen molar-refractivity contribution in [3.63, 3.8) is 0 Å². The van der Waals surface area contributed by atoms with E-state index in [4.69, 9.17) is 0 Å². The highest BCUT2D eigenvalue weighted by molar-refractivity contribution is 5.95. The molecule has 0 bridgehead atoms. The molecule has 1 spiro atoms. The summed E-state index contributed by atoms with van der Waals surface area (Å²) in [6.07, 6.45) is 3.99. The van der Waals surface area contributed by atoms with Gasteiger partial charge in [0.05, 0.1) is 0 Å². The fourth-order valence-corrected chi connectivity index (χ4v) is 4.50. The van der Waals surface area contributed by atoms with Crippen LogP contribution in [0.15, 0.2) is 48.7 Å². The van der Waals surface area contributed by atoms with Crippen molar-refractivity contribution in [2.24, 2.45) is 5.41 Å². The monoisotopic (exact) mass is 390 g/mol. The molecule has 2 saturated heterocycles. The van der Waals surface area contributed by atoms with Gasteiger partial charge in [0.1, 0.15) is 0 Å². The molecule has 0 radical (unpaired) electrons. The molecule has 0 N–H and O–H groups in total. The number of pyridine rings is 1. The lowest BCUT2D eigenvalue weighted by molar-refractivity contribution is -0.128. The molecule has 2 fully saturated rings. The number of benzene rings is 1. The van der Waals surface area contributed by atoms with Gasteiger partial charge in [-0.05, 0) is 41.0 Å². The van der Waals surface area contributed by atoms with Gasteiger partial charge in [-0.3, -0.25) is 9.59 Å². The number of piperidine rings is 1. The molecule has 1 aromatic carbocycles. The Kier molecular flexibility index (Phi) is 4.26. The number of carbonyl (C=O) groups excluding carboxylic acids is 2. The van der Waals surface area contributed by atoms with E-state index in [1.807, 2.05) is 28.0 Å². The van der Waals surface area contributed by atoms with Crippen LogP contribution in [0.25, 0.3) is 5.65 Å². The van der Waals surface area contributed by atoms with E-state index < -0.39 is 0 Å². The average molecular weight is 390 g/mol. The molecule has 8 heteroatoms. The van der Waals surface area contributed by atoms with Crippen molar-refractivity contribution in [1.29, 1.82) is 0 Å². The first-order chi connectivity index (χ1) is 14.1. The number of tetrazole rings is 1. The molecule has 2 aromatic heterocycles. The minimum Gasteiger partial charge on any atom is -0.339 e. The maximum absolute atomic E-state index is 12.9. The van der Waals surface area contributed by atoms with E-state index in [0.29, 0.717) is 37.3 Å². The standard InChI is InChI=1S/C21H22N6O2/c28-19-13-21(15-26(19)14-16-4-2-1-3-5-16)7-10-25(11-8-21)20(29)17-6-9-27-18(12-17)22-23-24-27/h1-6,9,12H,7-8,10-11,13-15H2. The van der Waals surface area contributed by atoms with Crippen LogP contribution in [0.3, 0.4) is 0 Å². The minimum absolute atomic E-state index is 0.00387. The van der Waals surface area contributed by atoms with Gasteiger partial charge in [0.25, 0.3) is 5.91 Å². The molecule has 0 saturated carbocycles. The minimum atomic E-state index is -0.0104. The Morgan fingerprint density at radius 2 is 1.90 bits per heavy atom. The van der Waals surface area contributed by atoms with Crippen molar-refractivity contribution in [2.45, 2.75) is 25.8 Å². The number of likely N-dealkylation sites (tertiary alicyclic amines) is 2. The third-order valence-electron chi connectivity index (χ3n) is 6.18. The van der Waals surface area contributed by atoms with Crippen molar-refractivity contribution in [1.82, 2.24) is 29.8 Å². The Morgan fingerprint density at radius 1 is 1.10 bits per heavy atom. The molecule has 148 valence electrons. The first-order valence-corrected chi connectivity index (χ1v) is 9.91. The summed E-state index contributed by atoms with van der Waals surface area (Å²) in [4.78, 5) is 29.4. The summed E-state index contributed by atoms with van der Waals surface area (Å²) in [5.41, 5.74) is 2.30. The second-order valence-electron chi connectivity index (χ2n) is 8.10. The third kappa shape index (κ3) is 3.35. The number of rotatable bonds is 3. The Morgan fingerprint density at radius 3 is 2.69 bits per heavy atom. The van der Waals surface area contributed by atoms with Gasteiger partial charge < -0.3 is 9.80 Å². The maximum Gasteiger partial charge on any atom is 0.254 e. The first kappa shape index (κ1) is 17.8. The van der Waals surface area contributed by atoms with Gasteiger partial charge in [-0.15, -0.1) is 5.10 Å². The van der Waals surface area contributed by atoms with Crippen LogP contribution in [0.2, 0.25) is 0 Å². The molecule has 5 rings (SSSR count). The number of fused-ring (bicyclic) bond motifs is 1. The molecule has 29 heavy (non-hydrogen) atoms. The van der Waals surface area contributed by atoms with E-state index in [9.17, 15) is 9.59 Å². The van der Waals surface area contributed by atoms with Gasteiger partial charge in [-0.1, -0.05) is 30.3 Å². The third-order valence-corrected chi connectivity index (χ3v) is 6.18. The Bertz CT molecular complexity index is 1060. The van der Waals surface area contributed by atoms with E-state index in [1.165, 1.54) is 4.52 Å². The van der Waals surface area contributed by atoms with Crippen molar-refractivity contribution in [2.75, 3.05) is 19.6 Å². The van der Waals surface area contributed by atoms with Crippen LogP contribution in [-0.2, 0) is 11.3 Å². The largest absolute Gasteiger partial charge is 0.339 e. The molecular formula is C21H22N6O2. The normalized spacial score (nSPS) is 18.7. The summed E-state index contributed by atoms with van der Waals surface area (Å²) in [6.45, 7) is 2.78. The smallest absolute Gasteiger partial charge is 0.254 e. The zero-order valence-corrected chi connectivity index (χ0v) is 16.1. The Hall–Kier alpha value is -3.29. The van der Waals surface area contributed by atoms with Crippen LogP contribution in [0.4, 0.5) is 0 Å². The van der Waals surface area contributed by atoms with E-state index in [1.54, 1.807) is 18.3 Å². The molecule has 2 aliphatic heterocycles. The predicted octanol–water partition coefficient (Wildman–Crippen LogP) is 1.78. The quantitative estimate of drug-likeness (QED) is 0.681. The lowest BCUT2D eigenvalue weighted by atomic mass is 9.77. The number of carbonyl (C=O) groups is 2. The molecule has 3 aromatic rings. The van der Waals surface area contributed by atoms with Crippen LogP contribution in [0, 0.1) is 5.41 Å². The summed E-state index contributed by atoms with van der Waals surface area (Å²) in [7, 11) is 0. The van der Waals surface area contributed by atoms with Gasteiger partial charge in [0.2, 0.25) is 5.91 Å². The number of hydrogen-bond donors (Lipinski definition) is 0. The van der Waals surface area contributed by atoms with Crippen LogP contribution < -0.4 is 0 Å². The lowest BCUT2D eigenvalue weighted by Gasteiger charge is -2.38. The topological polar surface area (TPSA) is 83.7 Å². The number of hydrogen-bond acceptors (Lipinski definition) is 5. The van der Waals surface area contributed by atoms with Crippen LogP contribution in [-0.4, -0.2) is 61.3 Å². The molecular weight excluding hydrogens is 368 g/mol. The second-order valence-corrected chi connectivity index (χ2v) is 8.10. The molecule has 0 unspecified atom stereocenters. The fraction of sp³-hybridized carbons (Fsp3) is 0.381. The average Bonchev–Trinajstić information content (AvgIpc) is 3.33. The van der Waals surface area contributed by atoms with Crippen molar-refractivity contribution >= 4 is 17.5 Å². The predicted molar refractivity (Wildman–Crippen MR) is 105 cm³/mol. The molecule has 8 nitrogen and oxygen atoms in total. The fourth-order valence-electron chi connectivity index (χ4n) is 4.50. The highest BCUT2D eigenvalue weighted by Crippen LogP contribution is 2.41. The first-order valence-electron chi connectivity index (χ1n) is 9.91. The number of nitrogens with zero attached hydrogens (tertiary/aromatic N) is 6. The lowest BCUT2D eigenvalue weighted by Crippen LogP contribution is -2.44. The van der Waals surface area contributed by atoms with Crippen molar-refractivity contribution in [3.05, 3.63) is 59.8 Å². The van der Waals surface area contributed by atoms with E-state index >= 15 is 0 Å². The Labute approximate surface area is 168 Å². The van der Waals surface area contributed by atoms with Gasteiger partial charge >= 0.3 is 0 Å². The van der Waals surface area contributed by atoms with Gasteiger partial charge in [-0.25, -0.2) is 4.52 Å². The molecule has 2 aliphatic rings. The van der Waals surface area contributed by atoms with Gasteiger partial charge in [0.15, 0.2) is 5.65 Å². The summed E-state index contributed by atoms with van der Waals surface area (Å²) in [5, 5.41) is 11.3. The molecule has 0 aliphatic carbocycles. The summed E-state index contributed by atoms with van der Waals surface area (Å²) in [5.74, 6) is 0.217. The van der Waals surface area contributed by atoms with Crippen molar-refractivity contribution < 1.29 is 9.59 Å². The summed E-state index contributed by atoms with van der Waals surface area (Å²) in [6, 6.07) is 13.6. The van der Waals surface area contributed by atoms with Crippen LogP contribution in [0.5, 0.6) is 0 Å². The van der Waals surface area contributed by atoms with Crippen LogP contribution >= 0.6 is 0 Å². The highest BCUT2D eigenvalue weighted by atomic mass is 16.2. The van der Waals surface area contributed by atoms with Crippen LogP contribution in [0.1, 0.15) is 35.2 Å². The molecule has 0 atom stereocenters. The Balaban J connectivity index is 1.24. The van der Waals surface area contributed by atoms with Gasteiger partial charge in [0, 0.05) is 49.8 Å². The summed E-state index contributed by atoms with van der Waals surface area (Å²) >= 11 is 0. The van der Waals surface area contributed by atoms with E-state index in [2.05, 4.69) is 27.7 Å². The number of amides is 2. The van der Waals surface area contributed by atoms with E-state index in [0.717, 1.165) is 24.9 Å². The summed E-state index contributed by atoms with van der Waals surface area (Å²) < 4.78 is 1.54. The SMILES string of the molecule is O=C1CC2(CCN(C(=O)c3ccn4nnnc4c3)CC2)CN1Cc1ccccc1. The zero-order chi connectivity index (χ0) is 19.8. The maximum atomic E-state index is 12.9. The van der Waals surface area contributed by atoms with Gasteiger partial charge in [-0.2, -0.15) is 0 Å². The highest BCUT2D eigenvalue weighted by Gasteiger charge is 2.45. The molecule has 4 heterocycles. The second kappa shape index (κ2) is 6.95. The number of aromatic nitrogens is 4. The van der Waals surface area contributed by atoms with E-state index in [-0.39, 0.29) is 17.2 Å². The molecule has 2 amide bonds.